The minimum atomic E-state index is 0.620. The maximum atomic E-state index is 5.85. The highest BCUT2D eigenvalue weighted by Gasteiger charge is 2.48. The Morgan fingerprint density at radius 3 is 2.58 bits per heavy atom. The molecule has 2 rings (SSSR count). The van der Waals surface area contributed by atoms with Gasteiger partial charge in [-0.05, 0) is 49.5 Å². The highest BCUT2D eigenvalue weighted by Crippen LogP contribution is 2.56. The lowest BCUT2D eigenvalue weighted by atomic mass is 9.74. The van der Waals surface area contributed by atoms with E-state index in [4.69, 9.17) is 5.73 Å². The molecule has 1 heteroatoms. The molecule has 2 aliphatic rings. The molecule has 2 unspecified atom stereocenters. The van der Waals surface area contributed by atoms with Crippen LogP contribution in [0.3, 0.4) is 0 Å². The van der Waals surface area contributed by atoms with E-state index in [-0.39, 0.29) is 0 Å². The average molecular weight is 167 g/mol. The molecule has 0 aromatic heterocycles. The molecule has 0 heterocycles. The normalized spacial score (nSPS) is 39.5. The fourth-order valence-electron chi connectivity index (χ4n) is 2.93. The van der Waals surface area contributed by atoms with Gasteiger partial charge in [-0.2, -0.15) is 0 Å². The van der Waals surface area contributed by atoms with Crippen molar-refractivity contribution in [3.05, 3.63) is 0 Å². The van der Waals surface area contributed by atoms with Gasteiger partial charge >= 0.3 is 0 Å². The summed E-state index contributed by atoms with van der Waals surface area (Å²) in [6, 6.07) is 0. The van der Waals surface area contributed by atoms with E-state index in [0.29, 0.717) is 5.41 Å². The van der Waals surface area contributed by atoms with E-state index < -0.39 is 0 Å². The van der Waals surface area contributed by atoms with Crippen molar-refractivity contribution in [2.75, 3.05) is 6.54 Å². The summed E-state index contributed by atoms with van der Waals surface area (Å²) < 4.78 is 0. The van der Waals surface area contributed by atoms with Gasteiger partial charge in [0.15, 0.2) is 0 Å². The molecule has 2 atom stereocenters. The third-order valence-electron chi connectivity index (χ3n) is 4.10. The number of hydrogen-bond acceptors (Lipinski definition) is 1. The molecule has 0 amide bonds. The van der Waals surface area contributed by atoms with E-state index in [0.717, 1.165) is 18.4 Å². The summed E-state index contributed by atoms with van der Waals surface area (Å²) in [4.78, 5) is 0. The lowest BCUT2D eigenvalue weighted by molar-refractivity contribution is 0.191. The second-order valence-corrected chi connectivity index (χ2v) is 5.04. The first kappa shape index (κ1) is 8.55. The summed E-state index contributed by atoms with van der Waals surface area (Å²) in [6.07, 6.45) is 8.66. The quantitative estimate of drug-likeness (QED) is 0.672. The molecular formula is C11H21N. The molecule has 0 radical (unpaired) electrons. The van der Waals surface area contributed by atoms with Crippen LogP contribution in [0.4, 0.5) is 0 Å². The van der Waals surface area contributed by atoms with Crippen LogP contribution in [0.15, 0.2) is 0 Å². The maximum Gasteiger partial charge on any atom is -0.00179 e. The van der Waals surface area contributed by atoms with Crippen molar-refractivity contribution in [2.24, 2.45) is 23.0 Å². The fraction of sp³-hybridized carbons (Fsp3) is 1.00. The lowest BCUT2D eigenvalue weighted by Gasteiger charge is -2.32. The van der Waals surface area contributed by atoms with E-state index in [2.05, 4.69) is 6.92 Å². The van der Waals surface area contributed by atoms with Crippen LogP contribution in [0.25, 0.3) is 0 Å². The van der Waals surface area contributed by atoms with Crippen molar-refractivity contribution in [3.63, 3.8) is 0 Å². The SMILES string of the molecule is CC1CCCC(C2(CN)CC2)C1. The smallest absolute Gasteiger partial charge is 0.00179 e. The first-order chi connectivity index (χ1) is 5.77. The van der Waals surface area contributed by atoms with Crippen molar-refractivity contribution in [3.8, 4) is 0 Å². The second-order valence-electron chi connectivity index (χ2n) is 5.04. The van der Waals surface area contributed by atoms with E-state index in [1.54, 1.807) is 0 Å². The van der Waals surface area contributed by atoms with Crippen LogP contribution < -0.4 is 5.73 Å². The summed E-state index contributed by atoms with van der Waals surface area (Å²) in [5.41, 5.74) is 6.46. The summed E-state index contributed by atoms with van der Waals surface area (Å²) >= 11 is 0. The minimum Gasteiger partial charge on any atom is -0.330 e. The second kappa shape index (κ2) is 3.02. The largest absolute Gasteiger partial charge is 0.330 e. The molecule has 0 spiro atoms. The molecule has 2 fully saturated rings. The molecule has 70 valence electrons. The van der Waals surface area contributed by atoms with E-state index in [9.17, 15) is 0 Å². The summed E-state index contributed by atoms with van der Waals surface area (Å²) in [6.45, 7) is 3.35. The predicted molar refractivity (Wildman–Crippen MR) is 51.8 cm³/mol. The van der Waals surface area contributed by atoms with Crippen molar-refractivity contribution in [1.29, 1.82) is 0 Å². The van der Waals surface area contributed by atoms with Gasteiger partial charge in [-0.25, -0.2) is 0 Å². The molecule has 0 aromatic carbocycles. The van der Waals surface area contributed by atoms with Gasteiger partial charge in [0, 0.05) is 0 Å². The van der Waals surface area contributed by atoms with Crippen molar-refractivity contribution in [1.82, 2.24) is 0 Å². The summed E-state index contributed by atoms with van der Waals surface area (Å²) in [5.74, 6) is 1.94. The van der Waals surface area contributed by atoms with Crippen LogP contribution in [0.5, 0.6) is 0 Å². The summed E-state index contributed by atoms with van der Waals surface area (Å²) in [7, 11) is 0. The van der Waals surface area contributed by atoms with Crippen molar-refractivity contribution >= 4 is 0 Å². The van der Waals surface area contributed by atoms with Gasteiger partial charge in [0.2, 0.25) is 0 Å². The van der Waals surface area contributed by atoms with Gasteiger partial charge in [-0.15, -0.1) is 0 Å². The third-order valence-corrected chi connectivity index (χ3v) is 4.10. The molecule has 0 bridgehead atoms. The zero-order chi connectivity index (χ0) is 8.60. The summed E-state index contributed by atoms with van der Waals surface area (Å²) in [5, 5.41) is 0. The van der Waals surface area contributed by atoms with Crippen molar-refractivity contribution < 1.29 is 0 Å². The lowest BCUT2D eigenvalue weighted by Crippen LogP contribution is -2.28. The molecule has 2 saturated carbocycles. The number of nitrogens with two attached hydrogens (primary N) is 1. The highest BCUT2D eigenvalue weighted by molar-refractivity contribution is 5.00. The van der Waals surface area contributed by atoms with Gasteiger partial charge in [0.05, 0.1) is 0 Å². The zero-order valence-corrected chi connectivity index (χ0v) is 8.18. The standard InChI is InChI=1S/C11H21N/c1-9-3-2-4-10(7-9)11(8-12)5-6-11/h9-10H,2-8,12H2,1H3. The van der Waals surface area contributed by atoms with Crippen LogP contribution in [-0.4, -0.2) is 6.54 Å². The number of rotatable bonds is 2. The Morgan fingerprint density at radius 2 is 2.08 bits per heavy atom. The van der Waals surface area contributed by atoms with Gasteiger partial charge in [-0.1, -0.05) is 19.8 Å². The van der Waals surface area contributed by atoms with Gasteiger partial charge in [0.1, 0.15) is 0 Å². The average Bonchev–Trinajstić information content (AvgIpc) is 2.84. The molecule has 12 heavy (non-hydrogen) atoms. The van der Waals surface area contributed by atoms with E-state index in [1.165, 1.54) is 38.5 Å². The first-order valence-electron chi connectivity index (χ1n) is 5.47. The van der Waals surface area contributed by atoms with Gasteiger partial charge in [0.25, 0.3) is 0 Å². The molecule has 2 N–H and O–H groups in total. The van der Waals surface area contributed by atoms with Crippen LogP contribution in [0.2, 0.25) is 0 Å². The van der Waals surface area contributed by atoms with E-state index >= 15 is 0 Å². The minimum absolute atomic E-state index is 0.620. The fourth-order valence-corrected chi connectivity index (χ4v) is 2.93. The van der Waals surface area contributed by atoms with Gasteiger partial charge in [-0.3, -0.25) is 0 Å². The zero-order valence-electron chi connectivity index (χ0n) is 8.18. The third kappa shape index (κ3) is 1.39. The number of hydrogen-bond donors (Lipinski definition) is 1. The van der Waals surface area contributed by atoms with Crippen LogP contribution in [0.1, 0.15) is 45.4 Å². The Balaban J connectivity index is 1.94. The van der Waals surface area contributed by atoms with Crippen LogP contribution in [-0.2, 0) is 0 Å². The monoisotopic (exact) mass is 167 g/mol. The first-order valence-corrected chi connectivity index (χ1v) is 5.47. The molecule has 1 nitrogen and oxygen atoms in total. The molecule has 0 aliphatic heterocycles. The Kier molecular flexibility index (Phi) is 2.16. The van der Waals surface area contributed by atoms with Gasteiger partial charge < -0.3 is 5.73 Å². The van der Waals surface area contributed by atoms with Crippen LogP contribution >= 0.6 is 0 Å². The molecule has 0 aromatic rings. The molecule has 2 aliphatic carbocycles. The predicted octanol–water partition coefficient (Wildman–Crippen LogP) is 2.55. The Morgan fingerprint density at radius 1 is 1.33 bits per heavy atom. The highest BCUT2D eigenvalue weighted by atomic mass is 14.7. The van der Waals surface area contributed by atoms with E-state index in [1.807, 2.05) is 0 Å². The molecular weight excluding hydrogens is 146 g/mol. The van der Waals surface area contributed by atoms with Crippen LogP contribution in [0, 0.1) is 17.3 Å². The Labute approximate surface area is 75.7 Å². The Bertz CT molecular complexity index is 160. The maximum absolute atomic E-state index is 5.85. The molecule has 0 saturated heterocycles. The topological polar surface area (TPSA) is 26.0 Å². The Hall–Kier alpha value is -0.0400. The van der Waals surface area contributed by atoms with Crippen molar-refractivity contribution in [2.45, 2.75) is 45.4 Å².